The average Bonchev–Trinajstić information content (AvgIpc) is 2.93. The first kappa shape index (κ1) is 12.6. The number of fused-ring (bicyclic) bond motifs is 1. The lowest BCUT2D eigenvalue weighted by molar-refractivity contribution is 0.262. The maximum absolute atomic E-state index is 5.81. The SMILES string of the molecule is CNCCc1nnc(C2COc3ccccc3C2)s1. The molecule has 0 saturated heterocycles. The van der Waals surface area contributed by atoms with Crippen LogP contribution >= 0.6 is 11.3 Å². The molecular weight excluding hydrogens is 258 g/mol. The molecule has 4 nitrogen and oxygen atoms in total. The minimum atomic E-state index is 0.343. The van der Waals surface area contributed by atoms with Gasteiger partial charge in [0.2, 0.25) is 0 Å². The molecule has 0 bridgehead atoms. The molecule has 100 valence electrons. The Morgan fingerprint density at radius 2 is 2.26 bits per heavy atom. The Morgan fingerprint density at radius 1 is 1.37 bits per heavy atom. The molecule has 2 heterocycles. The fraction of sp³-hybridized carbons (Fsp3) is 0.429. The van der Waals surface area contributed by atoms with Gasteiger partial charge in [-0.1, -0.05) is 18.2 Å². The van der Waals surface area contributed by atoms with E-state index < -0.39 is 0 Å². The van der Waals surface area contributed by atoms with Gasteiger partial charge in [-0.3, -0.25) is 0 Å². The fourth-order valence-electron chi connectivity index (χ4n) is 2.25. The van der Waals surface area contributed by atoms with Crippen molar-refractivity contribution in [2.75, 3.05) is 20.2 Å². The van der Waals surface area contributed by atoms with E-state index in [1.165, 1.54) is 5.56 Å². The zero-order chi connectivity index (χ0) is 13.1. The van der Waals surface area contributed by atoms with Gasteiger partial charge in [0.15, 0.2) is 0 Å². The van der Waals surface area contributed by atoms with E-state index >= 15 is 0 Å². The highest BCUT2D eigenvalue weighted by molar-refractivity contribution is 7.11. The number of rotatable bonds is 4. The second-order valence-corrected chi connectivity index (χ2v) is 5.80. The molecule has 19 heavy (non-hydrogen) atoms. The van der Waals surface area contributed by atoms with Gasteiger partial charge in [-0.25, -0.2) is 0 Å². The lowest BCUT2D eigenvalue weighted by atomic mass is 9.97. The molecule has 1 N–H and O–H groups in total. The molecule has 2 aromatic rings. The number of aromatic nitrogens is 2. The van der Waals surface area contributed by atoms with Gasteiger partial charge in [-0.15, -0.1) is 21.5 Å². The quantitative estimate of drug-likeness (QED) is 0.927. The maximum atomic E-state index is 5.81. The molecule has 0 fully saturated rings. The first-order valence-corrected chi connectivity index (χ1v) is 7.36. The van der Waals surface area contributed by atoms with Crippen molar-refractivity contribution in [2.24, 2.45) is 0 Å². The Labute approximate surface area is 116 Å². The molecule has 1 aliphatic heterocycles. The fourth-order valence-corrected chi connectivity index (χ4v) is 3.18. The second kappa shape index (κ2) is 5.67. The van der Waals surface area contributed by atoms with Crippen LogP contribution in [0, 0.1) is 0 Å². The Morgan fingerprint density at radius 3 is 3.16 bits per heavy atom. The van der Waals surface area contributed by atoms with E-state index in [0.29, 0.717) is 12.5 Å². The molecule has 1 aromatic carbocycles. The van der Waals surface area contributed by atoms with Crippen molar-refractivity contribution >= 4 is 11.3 Å². The first-order chi connectivity index (χ1) is 9.36. The molecule has 1 aromatic heterocycles. The van der Waals surface area contributed by atoms with Crippen LogP contribution in [0.5, 0.6) is 5.75 Å². The van der Waals surface area contributed by atoms with Gasteiger partial charge in [0.05, 0.1) is 12.5 Å². The van der Waals surface area contributed by atoms with Gasteiger partial charge < -0.3 is 10.1 Å². The Bertz CT molecular complexity index is 555. The van der Waals surface area contributed by atoms with Gasteiger partial charge in [-0.05, 0) is 25.1 Å². The number of benzene rings is 1. The zero-order valence-corrected chi connectivity index (χ0v) is 11.7. The number of hydrogen-bond acceptors (Lipinski definition) is 5. The molecule has 0 radical (unpaired) electrons. The summed E-state index contributed by atoms with van der Waals surface area (Å²) in [6.45, 7) is 1.65. The van der Waals surface area contributed by atoms with Gasteiger partial charge >= 0.3 is 0 Å². The monoisotopic (exact) mass is 275 g/mol. The summed E-state index contributed by atoms with van der Waals surface area (Å²) in [7, 11) is 1.95. The molecule has 1 unspecified atom stereocenters. The number of para-hydroxylation sites is 1. The van der Waals surface area contributed by atoms with Gasteiger partial charge in [0.25, 0.3) is 0 Å². The molecule has 0 saturated carbocycles. The number of nitrogens with one attached hydrogen (secondary N) is 1. The molecule has 0 amide bonds. The van der Waals surface area contributed by atoms with E-state index in [-0.39, 0.29) is 0 Å². The van der Waals surface area contributed by atoms with E-state index in [4.69, 9.17) is 4.74 Å². The Kier molecular flexibility index (Phi) is 3.75. The third kappa shape index (κ3) is 2.77. The van der Waals surface area contributed by atoms with Crippen LogP contribution in [0.3, 0.4) is 0 Å². The zero-order valence-electron chi connectivity index (χ0n) is 10.9. The van der Waals surface area contributed by atoms with Crippen LogP contribution in [0.1, 0.15) is 21.5 Å². The highest BCUT2D eigenvalue weighted by Crippen LogP contribution is 2.33. The summed E-state index contributed by atoms with van der Waals surface area (Å²) in [5, 5.41) is 13.9. The van der Waals surface area contributed by atoms with Crippen LogP contribution in [-0.2, 0) is 12.8 Å². The summed E-state index contributed by atoms with van der Waals surface area (Å²) in [6.07, 6.45) is 1.94. The minimum Gasteiger partial charge on any atom is -0.493 e. The van der Waals surface area contributed by atoms with Crippen molar-refractivity contribution in [1.82, 2.24) is 15.5 Å². The highest BCUT2D eigenvalue weighted by atomic mass is 32.1. The van der Waals surface area contributed by atoms with Crippen molar-refractivity contribution in [1.29, 1.82) is 0 Å². The van der Waals surface area contributed by atoms with Crippen molar-refractivity contribution in [3.63, 3.8) is 0 Å². The minimum absolute atomic E-state index is 0.343. The highest BCUT2D eigenvalue weighted by Gasteiger charge is 2.24. The molecule has 1 atom stereocenters. The third-order valence-electron chi connectivity index (χ3n) is 3.30. The van der Waals surface area contributed by atoms with E-state index in [0.717, 1.165) is 35.2 Å². The molecule has 5 heteroatoms. The number of likely N-dealkylation sites (N-methyl/N-ethyl adjacent to an activating group) is 1. The summed E-state index contributed by atoms with van der Waals surface area (Å²) >= 11 is 1.71. The van der Waals surface area contributed by atoms with Crippen molar-refractivity contribution in [3.05, 3.63) is 39.8 Å². The van der Waals surface area contributed by atoms with Crippen LogP contribution in [0.25, 0.3) is 0 Å². The lowest BCUT2D eigenvalue weighted by Gasteiger charge is -2.23. The molecule has 1 aliphatic rings. The number of nitrogens with zero attached hydrogens (tertiary/aromatic N) is 2. The third-order valence-corrected chi connectivity index (χ3v) is 4.45. The van der Waals surface area contributed by atoms with Crippen LogP contribution in [0.4, 0.5) is 0 Å². The average molecular weight is 275 g/mol. The summed E-state index contributed by atoms with van der Waals surface area (Å²) in [6, 6.07) is 8.23. The molecule has 0 spiro atoms. The van der Waals surface area contributed by atoms with Gasteiger partial charge in [0.1, 0.15) is 15.8 Å². The van der Waals surface area contributed by atoms with Crippen LogP contribution < -0.4 is 10.1 Å². The maximum Gasteiger partial charge on any atom is 0.124 e. The predicted octanol–water partition coefficient (Wildman–Crippen LogP) is 2.02. The van der Waals surface area contributed by atoms with Crippen LogP contribution in [0.2, 0.25) is 0 Å². The number of hydrogen-bond donors (Lipinski definition) is 1. The second-order valence-electron chi connectivity index (χ2n) is 4.71. The smallest absolute Gasteiger partial charge is 0.124 e. The van der Waals surface area contributed by atoms with E-state index in [2.05, 4.69) is 27.6 Å². The predicted molar refractivity (Wildman–Crippen MR) is 75.9 cm³/mol. The van der Waals surface area contributed by atoms with Crippen LogP contribution in [0.15, 0.2) is 24.3 Å². The Hall–Kier alpha value is -1.46. The topological polar surface area (TPSA) is 47.0 Å². The van der Waals surface area contributed by atoms with E-state index in [1.54, 1.807) is 11.3 Å². The largest absolute Gasteiger partial charge is 0.493 e. The lowest BCUT2D eigenvalue weighted by Crippen LogP contribution is -2.18. The van der Waals surface area contributed by atoms with Crippen molar-refractivity contribution < 1.29 is 4.74 Å². The van der Waals surface area contributed by atoms with E-state index in [9.17, 15) is 0 Å². The van der Waals surface area contributed by atoms with Gasteiger partial charge in [-0.2, -0.15) is 0 Å². The number of ether oxygens (including phenoxy) is 1. The van der Waals surface area contributed by atoms with Gasteiger partial charge in [0, 0.05) is 13.0 Å². The summed E-state index contributed by atoms with van der Waals surface area (Å²) in [4.78, 5) is 0. The van der Waals surface area contributed by atoms with E-state index in [1.807, 2.05) is 19.2 Å². The van der Waals surface area contributed by atoms with Crippen molar-refractivity contribution in [3.8, 4) is 5.75 Å². The van der Waals surface area contributed by atoms with Crippen molar-refractivity contribution in [2.45, 2.75) is 18.8 Å². The molecular formula is C14H17N3OS. The standard InChI is InChI=1S/C14H17N3OS/c1-15-7-6-13-16-17-14(19-13)11-8-10-4-2-3-5-12(10)18-9-11/h2-5,11,15H,6-9H2,1H3. The normalized spacial score (nSPS) is 17.8. The summed E-state index contributed by atoms with van der Waals surface area (Å²) < 4.78 is 5.81. The van der Waals surface area contributed by atoms with Crippen LogP contribution in [-0.4, -0.2) is 30.4 Å². The first-order valence-electron chi connectivity index (χ1n) is 6.54. The summed E-state index contributed by atoms with van der Waals surface area (Å²) in [5.74, 6) is 1.36. The summed E-state index contributed by atoms with van der Waals surface area (Å²) in [5.41, 5.74) is 1.27. The Balaban J connectivity index is 1.72. The molecule has 0 aliphatic carbocycles. The molecule has 3 rings (SSSR count).